The van der Waals surface area contributed by atoms with Gasteiger partial charge in [-0.25, -0.2) is 4.39 Å². The van der Waals surface area contributed by atoms with Crippen molar-refractivity contribution in [1.82, 2.24) is 0 Å². The van der Waals surface area contributed by atoms with Gasteiger partial charge in [0, 0.05) is 5.57 Å². The van der Waals surface area contributed by atoms with Crippen LogP contribution < -0.4 is 4.74 Å². The number of aromatic hydroxyl groups is 1. The average Bonchev–Trinajstić information content (AvgIpc) is 2.89. The van der Waals surface area contributed by atoms with Crippen molar-refractivity contribution in [2.24, 2.45) is 0 Å². The summed E-state index contributed by atoms with van der Waals surface area (Å²) in [5.41, 5.74) is -1.12. The minimum atomic E-state index is -1.08. The van der Waals surface area contributed by atoms with Crippen LogP contribution in [0.1, 0.15) is 33.3 Å². The molecule has 1 aromatic carbocycles. The van der Waals surface area contributed by atoms with Crippen LogP contribution in [0.25, 0.3) is 5.57 Å². The van der Waals surface area contributed by atoms with Crippen molar-refractivity contribution in [3.05, 3.63) is 29.5 Å². The molecule has 4 nitrogen and oxygen atoms in total. The van der Waals surface area contributed by atoms with Gasteiger partial charge in [-0.15, -0.1) is 0 Å². The molecule has 0 bridgehead atoms. The molecule has 3 rings (SSSR count). The third kappa shape index (κ3) is 2.13. The number of rotatable bonds is 1. The second-order valence-corrected chi connectivity index (χ2v) is 6.35. The maximum Gasteiger partial charge on any atom is 0.525 e. The molecule has 0 amide bonds. The maximum absolute atomic E-state index is 14.8. The molecule has 112 valence electrons. The molecule has 2 aliphatic rings. The lowest BCUT2D eigenvalue weighted by Crippen LogP contribution is -2.41. The van der Waals surface area contributed by atoms with Crippen molar-refractivity contribution in [2.45, 2.75) is 38.9 Å². The van der Waals surface area contributed by atoms with Gasteiger partial charge >= 0.3 is 7.12 Å². The molecule has 2 heterocycles. The van der Waals surface area contributed by atoms with Crippen molar-refractivity contribution in [3.63, 3.8) is 0 Å². The van der Waals surface area contributed by atoms with E-state index < -0.39 is 24.0 Å². The number of phenols is 1. The van der Waals surface area contributed by atoms with E-state index in [-0.39, 0.29) is 17.9 Å². The van der Waals surface area contributed by atoms with Crippen LogP contribution in [0.15, 0.2) is 23.9 Å². The Bertz CT molecular complexity index is 608. The molecule has 1 fully saturated rings. The van der Waals surface area contributed by atoms with Gasteiger partial charge in [-0.3, -0.25) is 0 Å². The van der Waals surface area contributed by atoms with Crippen molar-refractivity contribution in [3.8, 4) is 11.5 Å². The molecular formula is C15H18BFO4. The lowest BCUT2D eigenvalue weighted by atomic mass is 9.83. The molecule has 0 aromatic heterocycles. The Morgan fingerprint density at radius 1 is 1.19 bits per heavy atom. The minimum Gasteiger partial charge on any atom is -0.507 e. The SMILES string of the molecule is CC1(C)OB(C(F)=C2COc3cccc(O)c32)OC1(C)C. The van der Waals surface area contributed by atoms with Gasteiger partial charge in [0.05, 0.1) is 16.8 Å². The van der Waals surface area contributed by atoms with Gasteiger partial charge in [-0.2, -0.15) is 0 Å². The van der Waals surface area contributed by atoms with Gasteiger partial charge in [0.25, 0.3) is 0 Å². The maximum atomic E-state index is 14.8. The smallest absolute Gasteiger partial charge is 0.507 e. The fraction of sp³-hybridized carbons (Fsp3) is 0.467. The molecule has 0 aliphatic carbocycles. The van der Waals surface area contributed by atoms with Crippen LogP contribution in [0.2, 0.25) is 0 Å². The Morgan fingerprint density at radius 2 is 1.81 bits per heavy atom. The van der Waals surface area contributed by atoms with E-state index in [9.17, 15) is 9.50 Å². The van der Waals surface area contributed by atoms with Gasteiger partial charge in [0.15, 0.2) is 0 Å². The van der Waals surface area contributed by atoms with E-state index >= 15 is 0 Å². The van der Waals surface area contributed by atoms with Crippen LogP contribution >= 0.6 is 0 Å². The zero-order valence-corrected chi connectivity index (χ0v) is 12.6. The van der Waals surface area contributed by atoms with Crippen molar-refractivity contribution in [2.75, 3.05) is 6.61 Å². The van der Waals surface area contributed by atoms with Crippen LogP contribution in [0, 0.1) is 0 Å². The lowest BCUT2D eigenvalue weighted by Gasteiger charge is -2.32. The zero-order chi connectivity index (χ0) is 15.4. The first-order valence-corrected chi connectivity index (χ1v) is 6.92. The summed E-state index contributed by atoms with van der Waals surface area (Å²) < 4.78 is 31.6. The van der Waals surface area contributed by atoms with Crippen LogP contribution in [0.5, 0.6) is 11.5 Å². The molecule has 2 aliphatic heterocycles. The van der Waals surface area contributed by atoms with E-state index in [1.54, 1.807) is 12.1 Å². The zero-order valence-electron chi connectivity index (χ0n) is 12.6. The summed E-state index contributed by atoms with van der Waals surface area (Å²) >= 11 is 0. The standard InChI is InChI=1S/C15H18BFO4/c1-14(2)15(3,4)21-16(20-14)13(17)9-8-19-11-7-5-6-10(18)12(9)11/h5-7,18H,8H2,1-4H3. The molecule has 1 N–H and O–H groups in total. The highest BCUT2D eigenvalue weighted by atomic mass is 19.1. The molecule has 0 atom stereocenters. The van der Waals surface area contributed by atoms with E-state index in [1.165, 1.54) is 6.07 Å². The first kappa shape index (κ1) is 14.4. The number of hydrogen-bond donors (Lipinski definition) is 1. The Morgan fingerprint density at radius 3 is 2.43 bits per heavy atom. The fourth-order valence-electron chi connectivity index (χ4n) is 2.44. The highest BCUT2D eigenvalue weighted by Gasteiger charge is 2.54. The summed E-state index contributed by atoms with van der Waals surface area (Å²) in [6.45, 7) is 7.51. The van der Waals surface area contributed by atoms with Gasteiger partial charge in [0.2, 0.25) is 0 Å². The number of fused-ring (bicyclic) bond motifs is 1. The van der Waals surface area contributed by atoms with Gasteiger partial charge in [-0.05, 0) is 39.8 Å². The van der Waals surface area contributed by atoms with Crippen molar-refractivity contribution >= 4 is 12.7 Å². The predicted octanol–water partition coefficient (Wildman–Crippen LogP) is 3.10. The van der Waals surface area contributed by atoms with E-state index in [2.05, 4.69) is 0 Å². The molecule has 0 radical (unpaired) electrons. The second-order valence-electron chi connectivity index (χ2n) is 6.35. The van der Waals surface area contributed by atoms with Gasteiger partial charge in [-0.1, -0.05) is 6.07 Å². The molecule has 6 heteroatoms. The van der Waals surface area contributed by atoms with Crippen LogP contribution in [0.3, 0.4) is 0 Å². The lowest BCUT2D eigenvalue weighted by molar-refractivity contribution is 0.00578. The predicted molar refractivity (Wildman–Crippen MR) is 77.7 cm³/mol. The summed E-state index contributed by atoms with van der Waals surface area (Å²) in [6, 6.07) is 4.86. The average molecular weight is 292 g/mol. The van der Waals surface area contributed by atoms with E-state index in [1.807, 2.05) is 27.7 Å². The van der Waals surface area contributed by atoms with Crippen LogP contribution in [0.4, 0.5) is 4.39 Å². The number of hydrogen-bond acceptors (Lipinski definition) is 4. The Balaban J connectivity index is 2.00. The van der Waals surface area contributed by atoms with Crippen molar-refractivity contribution in [1.29, 1.82) is 0 Å². The molecule has 21 heavy (non-hydrogen) atoms. The summed E-state index contributed by atoms with van der Waals surface area (Å²) in [7, 11) is -1.08. The number of benzene rings is 1. The highest BCUT2D eigenvalue weighted by Crippen LogP contribution is 2.45. The Kier molecular flexibility index (Phi) is 3.08. The van der Waals surface area contributed by atoms with E-state index in [0.717, 1.165) is 0 Å². The minimum absolute atomic E-state index is 0.00772. The molecule has 1 aromatic rings. The van der Waals surface area contributed by atoms with E-state index in [0.29, 0.717) is 11.3 Å². The molecule has 1 saturated heterocycles. The largest absolute Gasteiger partial charge is 0.525 e. The fourth-order valence-corrected chi connectivity index (χ4v) is 2.44. The first-order chi connectivity index (χ1) is 9.73. The molecule has 0 unspecified atom stereocenters. The van der Waals surface area contributed by atoms with E-state index in [4.69, 9.17) is 14.0 Å². The van der Waals surface area contributed by atoms with Gasteiger partial charge < -0.3 is 19.2 Å². The topological polar surface area (TPSA) is 47.9 Å². The van der Waals surface area contributed by atoms with Crippen LogP contribution in [-0.4, -0.2) is 30.0 Å². The molecule has 0 saturated carbocycles. The normalized spacial score (nSPS) is 24.7. The third-order valence-electron chi connectivity index (χ3n) is 4.43. The second kappa shape index (κ2) is 4.48. The van der Waals surface area contributed by atoms with Crippen LogP contribution in [-0.2, 0) is 9.31 Å². The number of phenolic OH excluding ortho intramolecular Hbond substituents is 1. The summed E-state index contributed by atoms with van der Waals surface area (Å²) in [4.78, 5) is 0. The monoisotopic (exact) mass is 292 g/mol. The number of ether oxygens (including phenoxy) is 1. The quantitative estimate of drug-likeness (QED) is 0.808. The van der Waals surface area contributed by atoms with Gasteiger partial charge in [0.1, 0.15) is 23.8 Å². The highest BCUT2D eigenvalue weighted by molar-refractivity contribution is 6.55. The summed E-state index contributed by atoms with van der Waals surface area (Å²) in [5.74, 6) is 0.461. The van der Waals surface area contributed by atoms with Crippen molar-refractivity contribution < 1.29 is 23.5 Å². The Hall–Kier alpha value is -1.53. The third-order valence-corrected chi connectivity index (χ3v) is 4.43. The first-order valence-electron chi connectivity index (χ1n) is 6.92. The Labute approximate surface area is 123 Å². The molecule has 0 spiro atoms. The summed E-state index contributed by atoms with van der Waals surface area (Å²) in [6.07, 6.45) is 0. The summed E-state index contributed by atoms with van der Waals surface area (Å²) in [5, 5.41) is 9.94. The number of halogens is 1. The molecular weight excluding hydrogens is 274 g/mol.